The summed E-state index contributed by atoms with van der Waals surface area (Å²) in [4.78, 5) is 14.1. The molecule has 0 aliphatic heterocycles. The van der Waals surface area contributed by atoms with Crippen molar-refractivity contribution in [2.75, 3.05) is 13.1 Å². The van der Waals surface area contributed by atoms with Gasteiger partial charge in [0.15, 0.2) is 0 Å². The van der Waals surface area contributed by atoms with Crippen LogP contribution in [0.15, 0.2) is 0 Å². The summed E-state index contributed by atoms with van der Waals surface area (Å²) in [7, 11) is 0. The molecular weight excluding hydrogens is 288 g/mol. The largest absolute Gasteiger partial charge is 0.465 e. The number of amides is 1. The van der Waals surface area contributed by atoms with Crippen molar-refractivity contribution in [1.29, 1.82) is 0 Å². The van der Waals surface area contributed by atoms with E-state index in [1.54, 1.807) is 0 Å². The molecule has 1 amide bonds. The van der Waals surface area contributed by atoms with E-state index < -0.39 is 6.09 Å². The number of carboxylic acid groups (broad SMARTS) is 1. The topological polar surface area (TPSA) is 52.6 Å². The lowest BCUT2D eigenvalue weighted by Gasteiger charge is -2.50. The molecule has 0 aromatic heterocycles. The Hall–Kier alpha value is -0.770. The second-order valence-electron chi connectivity index (χ2n) is 9.33. The first kappa shape index (κ1) is 17.1. The van der Waals surface area contributed by atoms with Gasteiger partial charge in [0, 0.05) is 24.7 Å². The molecule has 0 radical (unpaired) electrons. The van der Waals surface area contributed by atoms with Crippen LogP contribution in [0.25, 0.3) is 0 Å². The quantitative estimate of drug-likeness (QED) is 0.774. The van der Waals surface area contributed by atoms with Gasteiger partial charge in [0.05, 0.1) is 0 Å². The molecule has 0 aromatic rings. The molecule has 3 aliphatic carbocycles. The van der Waals surface area contributed by atoms with Crippen molar-refractivity contribution in [3.63, 3.8) is 0 Å². The molecule has 0 saturated heterocycles. The summed E-state index contributed by atoms with van der Waals surface area (Å²) in [5.41, 5.74) is -0.297. The van der Waals surface area contributed by atoms with Gasteiger partial charge in [0.1, 0.15) is 0 Å². The predicted octanol–water partition coefficient (Wildman–Crippen LogP) is 4.10. The number of nitrogens with one attached hydrogen (secondary N) is 1. The molecule has 0 unspecified atom stereocenters. The molecule has 4 heteroatoms. The van der Waals surface area contributed by atoms with E-state index in [0.717, 1.165) is 37.5 Å². The van der Waals surface area contributed by atoms with Crippen LogP contribution in [0.4, 0.5) is 4.79 Å². The Bertz CT molecular complexity index is 413. The van der Waals surface area contributed by atoms with Crippen molar-refractivity contribution in [1.82, 2.24) is 10.2 Å². The normalized spacial score (nSPS) is 32.1. The van der Waals surface area contributed by atoms with Crippen LogP contribution in [0.2, 0.25) is 0 Å². The van der Waals surface area contributed by atoms with Gasteiger partial charge in [0.2, 0.25) is 0 Å². The smallest absolute Gasteiger partial charge is 0.405 e. The Morgan fingerprint density at radius 2 is 1.52 bits per heavy atom. The van der Waals surface area contributed by atoms with Gasteiger partial charge in [0.25, 0.3) is 0 Å². The zero-order valence-electron chi connectivity index (χ0n) is 15.1. The Labute approximate surface area is 141 Å². The first-order valence-corrected chi connectivity index (χ1v) is 9.54. The van der Waals surface area contributed by atoms with Gasteiger partial charge in [-0.2, -0.15) is 0 Å². The van der Waals surface area contributed by atoms with E-state index in [9.17, 15) is 9.90 Å². The van der Waals surface area contributed by atoms with Crippen LogP contribution >= 0.6 is 0 Å². The Morgan fingerprint density at radius 1 is 1.04 bits per heavy atom. The van der Waals surface area contributed by atoms with Crippen molar-refractivity contribution in [2.24, 2.45) is 17.3 Å². The summed E-state index contributed by atoms with van der Waals surface area (Å²) in [6, 6.07) is 0.669. The molecule has 3 rings (SSSR count). The maximum Gasteiger partial charge on any atom is 0.405 e. The maximum absolute atomic E-state index is 11.3. The minimum atomic E-state index is -0.869. The van der Waals surface area contributed by atoms with E-state index in [1.165, 1.54) is 38.8 Å². The number of rotatable bonds is 6. The maximum atomic E-state index is 11.3. The van der Waals surface area contributed by atoms with Crippen molar-refractivity contribution in [3.05, 3.63) is 0 Å². The summed E-state index contributed by atoms with van der Waals surface area (Å²) in [5.74, 6) is 1.89. The van der Waals surface area contributed by atoms with Gasteiger partial charge in [-0.05, 0) is 68.6 Å². The van der Waals surface area contributed by atoms with Crippen LogP contribution in [-0.2, 0) is 0 Å². The monoisotopic (exact) mass is 322 g/mol. The lowest BCUT2D eigenvalue weighted by molar-refractivity contribution is 0.0422. The highest BCUT2D eigenvalue weighted by molar-refractivity contribution is 5.65. The minimum Gasteiger partial charge on any atom is -0.465 e. The van der Waals surface area contributed by atoms with E-state index in [-0.39, 0.29) is 11.0 Å². The number of hydrogen-bond donors (Lipinski definition) is 2. The van der Waals surface area contributed by atoms with E-state index in [0.29, 0.717) is 6.04 Å². The standard InChI is InChI=1S/C19H34N2O2/c1-18(2,3)19(20-17(22)23)10-8-16(9-11-19)21(12-14-4-5-14)13-15-6-7-15/h14-16,20H,4-13H2,1-3H3,(H,22,23). The molecule has 4 nitrogen and oxygen atoms in total. The summed E-state index contributed by atoms with van der Waals surface area (Å²) in [5, 5.41) is 12.2. The average Bonchev–Trinajstić information content (AvgIpc) is 3.32. The SMILES string of the molecule is CC(C)(C)C1(NC(=O)O)CCC(N(CC2CC2)CC2CC2)CC1. The van der Waals surface area contributed by atoms with E-state index in [1.807, 2.05) is 0 Å². The Morgan fingerprint density at radius 3 is 1.87 bits per heavy atom. The van der Waals surface area contributed by atoms with E-state index >= 15 is 0 Å². The summed E-state index contributed by atoms with van der Waals surface area (Å²) in [6.07, 6.45) is 9.01. The van der Waals surface area contributed by atoms with Crippen molar-refractivity contribution in [2.45, 2.75) is 83.7 Å². The summed E-state index contributed by atoms with van der Waals surface area (Å²) < 4.78 is 0. The van der Waals surface area contributed by atoms with Crippen molar-refractivity contribution < 1.29 is 9.90 Å². The van der Waals surface area contributed by atoms with Crippen LogP contribution in [0, 0.1) is 17.3 Å². The summed E-state index contributed by atoms with van der Waals surface area (Å²) in [6.45, 7) is 9.10. The number of nitrogens with zero attached hydrogens (tertiary/aromatic N) is 1. The first-order valence-electron chi connectivity index (χ1n) is 9.54. The molecule has 3 aliphatic rings. The fourth-order valence-electron chi connectivity index (χ4n) is 4.36. The molecule has 0 spiro atoms. The molecule has 2 N–H and O–H groups in total. The van der Waals surface area contributed by atoms with Crippen LogP contribution in [-0.4, -0.2) is 40.8 Å². The van der Waals surface area contributed by atoms with Crippen molar-refractivity contribution >= 4 is 6.09 Å². The van der Waals surface area contributed by atoms with Crippen LogP contribution < -0.4 is 5.32 Å². The molecular formula is C19H34N2O2. The second kappa shape index (κ2) is 6.27. The Kier molecular flexibility index (Phi) is 4.65. The molecule has 0 aromatic carbocycles. The number of hydrogen-bond acceptors (Lipinski definition) is 2. The van der Waals surface area contributed by atoms with Gasteiger partial charge >= 0.3 is 6.09 Å². The van der Waals surface area contributed by atoms with Gasteiger partial charge in [-0.1, -0.05) is 20.8 Å². The Balaban J connectivity index is 1.62. The van der Waals surface area contributed by atoms with Gasteiger partial charge in [-0.3, -0.25) is 4.90 Å². The highest BCUT2D eigenvalue weighted by Crippen LogP contribution is 2.44. The third-order valence-corrected chi connectivity index (χ3v) is 6.49. The van der Waals surface area contributed by atoms with E-state index in [4.69, 9.17) is 0 Å². The lowest BCUT2D eigenvalue weighted by atomic mass is 9.64. The zero-order valence-corrected chi connectivity index (χ0v) is 15.1. The van der Waals surface area contributed by atoms with Gasteiger partial charge in [-0.15, -0.1) is 0 Å². The fourth-order valence-corrected chi connectivity index (χ4v) is 4.36. The summed E-state index contributed by atoms with van der Waals surface area (Å²) >= 11 is 0. The second-order valence-corrected chi connectivity index (χ2v) is 9.33. The lowest BCUT2D eigenvalue weighted by Crippen LogP contribution is -2.60. The molecule has 132 valence electrons. The third-order valence-electron chi connectivity index (χ3n) is 6.49. The molecule has 0 atom stereocenters. The van der Waals surface area contributed by atoms with Gasteiger partial charge in [-0.25, -0.2) is 4.79 Å². The molecule has 3 saturated carbocycles. The van der Waals surface area contributed by atoms with Crippen LogP contribution in [0.1, 0.15) is 72.1 Å². The zero-order chi connectivity index (χ0) is 16.7. The average molecular weight is 322 g/mol. The third kappa shape index (κ3) is 4.20. The van der Waals surface area contributed by atoms with Gasteiger partial charge < -0.3 is 10.4 Å². The van der Waals surface area contributed by atoms with E-state index in [2.05, 4.69) is 31.0 Å². The highest BCUT2D eigenvalue weighted by atomic mass is 16.4. The predicted molar refractivity (Wildman–Crippen MR) is 92.6 cm³/mol. The molecule has 23 heavy (non-hydrogen) atoms. The van der Waals surface area contributed by atoms with Crippen molar-refractivity contribution in [3.8, 4) is 0 Å². The molecule has 0 heterocycles. The highest BCUT2D eigenvalue weighted by Gasteiger charge is 2.47. The molecule has 3 fully saturated rings. The van der Waals surface area contributed by atoms with Crippen LogP contribution in [0.3, 0.4) is 0 Å². The first-order chi connectivity index (χ1) is 10.8. The molecule has 0 bridgehead atoms. The number of carbonyl (C=O) groups is 1. The minimum absolute atomic E-state index is 0.0336. The van der Waals surface area contributed by atoms with Crippen LogP contribution in [0.5, 0.6) is 0 Å². The fraction of sp³-hybridized carbons (Fsp3) is 0.947.